The van der Waals surface area contributed by atoms with Gasteiger partial charge in [-0.15, -0.1) is 11.3 Å². The summed E-state index contributed by atoms with van der Waals surface area (Å²) in [5.74, 6) is -5.90. The standard InChI is InChI=1S/C19H15N3O8S/c23-10-3-1-2-8-12(10)17(26)22(16(8)25)6-7-4-9-11(5-20-7)31-15(13(9)18(27)28)21-14(24)19(29)30/h1-3,7,20,23H,4-6H2,(H,21,24)(H,27,28)(H,29,30). The van der Waals surface area contributed by atoms with Gasteiger partial charge < -0.3 is 26.0 Å². The zero-order valence-corrected chi connectivity index (χ0v) is 16.5. The van der Waals surface area contributed by atoms with Gasteiger partial charge in [-0.3, -0.25) is 19.3 Å². The highest BCUT2D eigenvalue weighted by atomic mass is 32.1. The summed E-state index contributed by atoms with van der Waals surface area (Å²) >= 11 is 0.954. The van der Waals surface area contributed by atoms with Gasteiger partial charge in [0.05, 0.1) is 16.7 Å². The van der Waals surface area contributed by atoms with Crippen molar-refractivity contribution < 1.29 is 39.3 Å². The number of aromatic carboxylic acids is 1. The summed E-state index contributed by atoms with van der Waals surface area (Å²) in [4.78, 5) is 60.9. The summed E-state index contributed by atoms with van der Waals surface area (Å²) in [6, 6.07) is 3.75. The molecular formula is C19H15N3O8S. The number of rotatable bonds is 4. The molecule has 0 saturated heterocycles. The van der Waals surface area contributed by atoms with Crippen molar-refractivity contribution in [3.8, 4) is 5.75 Å². The molecule has 0 radical (unpaired) electrons. The maximum atomic E-state index is 12.6. The Morgan fingerprint density at radius 1 is 1.19 bits per heavy atom. The number of carbonyl (C=O) groups is 5. The largest absolute Gasteiger partial charge is 0.507 e. The zero-order valence-electron chi connectivity index (χ0n) is 15.7. The smallest absolute Gasteiger partial charge is 0.394 e. The molecule has 31 heavy (non-hydrogen) atoms. The number of carboxylic acids is 2. The lowest BCUT2D eigenvalue weighted by molar-refractivity contribution is -0.147. The summed E-state index contributed by atoms with van der Waals surface area (Å²) in [5.41, 5.74) is 0.230. The molecule has 5 N–H and O–H groups in total. The van der Waals surface area contributed by atoms with E-state index in [-0.39, 0.29) is 47.0 Å². The number of nitrogens with one attached hydrogen (secondary N) is 2. The lowest BCUT2D eigenvalue weighted by Gasteiger charge is -2.27. The fraction of sp³-hybridized carbons (Fsp3) is 0.211. The van der Waals surface area contributed by atoms with Crippen molar-refractivity contribution in [3.63, 3.8) is 0 Å². The van der Waals surface area contributed by atoms with Gasteiger partial charge in [-0.1, -0.05) is 6.07 Å². The monoisotopic (exact) mass is 445 g/mol. The number of fused-ring (bicyclic) bond motifs is 2. The highest BCUT2D eigenvalue weighted by Crippen LogP contribution is 2.37. The van der Waals surface area contributed by atoms with Gasteiger partial charge in [-0.05, 0) is 24.1 Å². The third-order valence-corrected chi connectivity index (χ3v) is 6.26. The van der Waals surface area contributed by atoms with Crippen LogP contribution in [0.1, 0.15) is 41.5 Å². The summed E-state index contributed by atoms with van der Waals surface area (Å²) < 4.78 is 0. The Labute approximate surface area is 177 Å². The topological polar surface area (TPSA) is 173 Å². The summed E-state index contributed by atoms with van der Waals surface area (Å²) in [6.45, 7) is 0.152. The fourth-order valence-electron chi connectivity index (χ4n) is 3.73. The number of aliphatic carboxylic acids is 1. The van der Waals surface area contributed by atoms with Crippen LogP contribution in [0.4, 0.5) is 5.00 Å². The van der Waals surface area contributed by atoms with Crippen molar-refractivity contribution >= 4 is 46.0 Å². The Balaban J connectivity index is 1.58. The first-order valence-corrected chi connectivity index (χ1v) is 9.84. The molecule has 2 aliphatic heterocycles. The van der Waals surface area contributed by atoms with Crippen molar-refractivity contribution in [1.29, 1.82) is 0 Å². The van der Waals surface area contributed by atoms with Gasteiger partial charge in [0.15, 0.2) is 0 Å². The van der Waals surface area contributed by atoms with E-state index in [1.807, 2.05) is 0 Å². The first-order chi connectivity index (χ1) is 14.7. The van der Waals surface area contributed by atoms with Gasteiger partial charge in [-0.25, -0.2) is 9.59 Å². The van der Waals surface area contributed by atoms with E-state index in [1.54, 1.807) is 0 Å². The van der Waals surface area contributed by atoms with E-state index < -0.39 is 35.7 Å². The number of anilines is 1. The number of phenolic OH excluding ortho intramolecular Hbond substituents is 1. The third kappa shape index (κ3) is 3.41. The first-order valence-electron chi connectivity index (χ1n) is 9.02. The van der Waals surface area contributed by atoms with E-state index in [1.165, 1.54) is 18.2 Å². The molecule has 1 aromatic carbocycles. The second kappa shape index (κ2) is 7.49. The van der Waals surface area contributed by atoms with Crippen LogP contribution in [0.15, 0.2) is 18.2 Å². The van der Waals surface area contributed by atoms with Gasteiger partial charge in [0, 0.05) is 24.0 Å². The first kappa shape index (κ1) is 20.5. The van der Waals surface area contributed by atoms with Crippen LogP contribution in [0, 0.1) is 0 Å². The Morgan fingerprint density at radius 2 is 1.94 bits per heavy atom. The average Bonchev–Trinajstić information content (AvgIpc) is 3.18. The Bertz CT molecular complexity index is 1170. The van der Waals surface area contributed by atoms with Crippen molar-refractivity contribution in [1.82, 2.24) is 10.2 Å². The van der Waals surface area contributed by atoms with E-state index in [0.717, 1.165) is 16.2 Å². The van der Waals surface area contributed by atoms with Crippen LogP contribution in [0.3, 0.4) is 0 Å². The van der Waals surface area contributed by atoms with Crippen LogP contribution >= 0.6 is 11.3 Å². The lowest BCUT2D eigenvalue weighted by atomic mass is 9.97. The molecule has 2 aliphatic rings. The predicted octanol–water partition coefficient (Wildman–Crippen LogP) is 0.485. The highest BCUT2D eigenvalue weighted by molar-refractivity contribution is 7.17. The number of carbonyl (C=O) groups excluding carboxylic acids is 3. The normalized spacial score (nSPS) is 17.3. The molecule has 0 aliphatic carbocycles. The van der Waals surface area contributed by atoms with E-state index in [9.17, 15) is 34.2 Å². The molecule has 0 fully saturated rings. The Morgan fingerprint density at radius 3 is 2.58 bits per heavy atom. The average molecular weight is 445 g/mol. The van der Waals surface area contributed by atoms with Gasteiger partial charge in [0.1, 0.15) is 10.8 Å². The molecule has 160 valence electrons. The molecule has 0 spiro atoms. The molecular weight excluding hydrogens is 430 g/mol. The highest BCUT2D eigenvalue weighted by Gasteiger charge is 2.40. The number of aromatic hydroxyl groups is 1. The number of benzene rings is 1. The fourth-order valence-corrected chi connectivity index (χ4v) is 4.90. The molecule has 0 saturated carbocycles. The molecule has 11 nitrogen and oxygen atoms in total. The van der Waals surface area contributed by atoms with Crippen LogP contribution in [-0.4, -0.2) is 62.5 Å². The van der Waals surface area contributed by atoms with E-state index in [0.29, 0.717) is 10.4 Å². The van der Waals surface area contributed by atoms with Crippen LogP contribution in [0.25, 0.3) is 0 Å². The minimum atomic E-state index is -1.74. The number of nitrogens with zero attached hydrogens (tertiary/aromatic N) is 1. The van der Waals surface area contributed by atoms with Crippen molar-refractivity contribution in [2.75, 3.05) is 11.9 Å². The maximum Gasteiger partial charge on any atom is 0.394 e. The van der Waals surface area contributed by atoms with Crippen LogP contribution < -0.4 is 10.6 Å². The van der Waals surface area contributed by atoms with Crippen LogP contribution in [0.2, 0.25) is 0 Å². The predicted molar refractivity (Wildman–Crippen MR) is 105 cm³/mol. The summed E-state index contributed by atoms with van der Waals surface area (Å²) in [5, 5.41) is 33.4. The number of phenols is 1. The molecule has 1 aromatic heterocycles. The zero-order chi connectivity index (χ0) is 22.4. The third-order valence-electron chi connectivity index (χ3n) is 5.11. The van der Waals surface area contributed by atoms with E-state index in [4.69, 9.17) is 5.11 Å². The molecule has 1 atom stereocenters. The Kier molecular flexibility index (Phi) is 4.95. The molecule has 3 heterocycles. The molecule has 2 aromatic rings. The molecule has 0 bridgehead atoms. The summed E-state index contributed by atoms with van der Waals surface area (Å²) in [7, 11) is 0. The number of amides is 3. The van der Waals surface area contributed by atoms with Crippen LogP contribution in [-0.2, 0) is 22.6 Å². The SMILES string of the molecule is O=C(O)C(=O)Nc1sc2c(c1C(=O)O)CC(CN1C(=O)c3cccc(O)c3C1=O)NC2. The second-order valence-corrected chi connectivity index (χ2v) is 8.08. The maximum absolute atomic E-state index is 12.6. The molecule has 1 unspecified atom stereocenters. The van der Waals surface area contributed by atoms with Gasteiger partial charge in [-0.2, -0.15) is 0 Å². The van der Waals surface area contributed by atoms with Gasteiger partial charge in [0.25, 0.3) is 11.8 Å². The van der Waals surface area contributed by atoms with E-state index >= 15 is 0 Å². The quantitative estimate of drug-likeness (QED) is 0.331. The number of hydrogen-bond donors (Lipinski definition) is 5. The second-order valence-electron chi connectivity index (χ2n) is 6.97. The van der Waals surface area contributed by atoms with Crippen molar-refractivity contribution in [2.24, 2.45) is 0 Å². The summed E-state index contributed by atoms with van der Waals surface area (Å²) in [6.07, 6.45) is 0.135. The van der Waals surface area contributed by atoms with Crippen molar-refractivity contribution in [3.05, 3.63) is 45.3 Å². The minimum Gasteiger partial charge on any atom is -0.507 e. The number of carboxylic acid groups (broad SMARTS) is 2. The van der Waals surface area contributed by atoms with Crippen molar-refractivity contribution in [2.45, 2.75) is 19.0 Å². The molecule has 12 heteroatoms. The lowest BCUT2D eigenvalue weighted by Crippen LogP contribution is -2.46. The van der Waals surface area contributed by atoms with Crippen LogP contribution in [0.5, 0.6) is 5.75 Å². The number of hydrogen-bond acceptors (Lipinski definition) is 8. The van der Waals surface area contributed by atoms with E-state index in [2.05, 4.69) is 10.6 Å². The minimum absolute atomic E-state index is 0.0586. The number of thiophene rings is 1. The number of imide groups is 1. The molecule has 4 rings (SSSR count). The van der Waals surface area contributed by atoms with Gasteiger partial charge in [0.2, 0.25) is 0 Å². The molecule has 3 amide bonds. The Hall–Kier alpha value is -3.77. The van der Waals surface area contributed by atoms with Gasteiger partial charge >= 0.3 is 17.8 Å².